The summed E-state index contributed by atoms with van der Waals surface area (Å²) in [7, 11) is 0. The van der Waals surface area contributed by atoms with Crippen LogP contribution < -0.4 is 10.6 Å². The molecule has 1 aliphatic rings. The predicted molar refractivity (Wildman–Crippen MR) is 54.8 cm³/mol. The van der Waals surface area contributed by atoms with Crippen molar-refractivity contribution >= 4 is 5.91 Å². The van der Waals surface area contributed by atoms with Gasteiger partial charge in [0, 0.05) is 19.2 Å². The Kier molecular flexibility index (Phi) is 4.35. The molecule has 1 unspecified atom stereocenters. The summed E-state index contributed by atoms with van der Waals surface area (Å²) in [6.07, 6.45) is 0.625. The molecule has 3 atom stereocenters. The maximum absolute atomic E-state index is 11.7. The van der Waals surface area contributed by atoms with Gasteiger partial charge in [-0.2, -0.15) is 0 Å². The molecule has 1 rings (SSSR count). The summed E-state index contributed by atoms with van der Waals surface area (Å²) in [6, 6.07) is 0.0697. The Morgan fingerprint density at radius 3 is 2.86 bits per heavy atom. The Labute approximate surface area is 85.1 Å². The number of aliphatic hydroxyl groups is 1. The molecule has 0 saturated carbocycles. The molecule has 0 aliphatic carbocycles. The molecule has 0 spiro atoms. The lowest BCUT2D eigenvalue weighted by Gasteiger charge is -2.18. The van der Waals surface area contributed by atoms with E-state index in [-0.39, 0.29) is 24.5 Å². The van der Waals surface area contributed by atoms with Crippen molar-refractivity contribution in [1.29, 1.82) is 0 Å². The van der Waals surface area contributed by atoms with Crippen LogP contribution in [0.3, 0.4) is 0 Å². The average molecular weight is 200 g/mol. The van der Waals surface area contributed by atoms with E-state index in [1.165, 1.54) is 0 Å². The second-order valence-electron chi connectivity index (χ2n) is 4.16. The molecule has 4 heteroatoms. The van der Waals surface area contributed by atoms with Gasteiger partial charge >= 0.3 is 0 Å². The first kappa shape index (κ1) is 11.5. The lowest BCUT2D eigenvalue weighted by Crippen LogP contribution is -2.40. The van der Waals surface area contributed by atoms with Gasteiger partial charge < -0.3 is 15.7 Å². The molecule has 1 fully saturated rings. The van der Waals surface area contributed by atoms with Gasteiger partial charge in [-0.1, -0.05) is 6.92 Å². The summed E-state index contributed by atoms with van der Waals surface area (Å²) in [6.45, 7) is 5.83. The number of carbonyl (C=O) groups excluding carboxylic acids is 1. The molecule has 0 aromatic carbocycles. The third kappa shape index (κ3) is 2.96. The normalized spacial score (nSPS) is 28.8. The number of nitrogens with one attached hydrogen (secondary N) is 2. The van der Waals surface area contributed by atoms with E-state index < -0.39 is 0 Å². The second kappa shape index (κ2) is 5.32. The molecule has 1 amide bonds. The number of carbonyl (C=O) groups is 1. The molecule has 82 valence electrons. The largest absolute Gasteiger partial charge is 0.396 e. The van der Waals surface area contributed by atoms with E-state index in [9.17, 15) is 4.79 Å². The molecule has 14 heavy (non-hydrogen) atoms. The van der Waals surface area contributed by atoms with Crippen LogP contribution in [-0.4, -0.2) is 36.8 Å². The van der Waals surface area contributed by atoms with Crippen molar-refractivity contribution in [2.45, 2.75) is 26.3 Å². The topological polar surface area (TPSA) is 61.4 Å². The maximum atomic E-state index is 11.7. The first-order chi connectivity index (χ1) is 6.65. The zero-order valence-electron chi connectivity index (χ0n) is 8.92. The van der Waals surface area contributed by atoms with E-state index in [2.05, 4.69) is 17.6 Å². The third-order valence-corrected chi connectivity index (χ3v) is 2.80. The fourth-order valence-electron chi connectivity index (χ4n) is 1.78. The first-order valence-electron chi connectivity index (χ1n) is 5.27. The molecule has 3 N–H and O–H groups in total. The molecular weight excluding hydrogens is 180 g/mol. The van der Waals surface area contributed by atoms with Crippen LogP contribution in [0.1, 0.15) is 20.3 Å². The minimum atomic E-state index is 0.0697. The highest BCUT2D eigenvalue weighted by molar-refractivity contribution is 5.79. The van der Waals surface area contributed by atoms with Crippen LogP contribution in [0, 0.1) is 11.8 Å². The molecule has 0 radical (unpaired) electrons. The van der Waals surface area contributed by atoms with Crippen molar-refractivity contribution in [3.8, 4) is 0 Å². The second-order valence-corrected chi connectivity index (χ2v) is 4.16. The Hall–Kier alpha value is -0.610. The molecule has 0 aromatic heterocycles. The summed E-state index contributed by atoms with van der Waals surface area (Å²) in [4.78, 5) is 11.7. The van der Waals surface area contributed by atoms with E-state index >= 15 is 0 Å². The lowest BCUT2D eigenvalue weighted by molar-refractivity contribution is -0.126. The van der Waals surface area contributed by atoms with Gasteiger partial charge in [-0.25, -0.2) is 0 Å². The minimum Gasteiger partial charge on any atom is -0.396 e. The highest BCUT2D eigenvalue weighted by atomic mass is 16.3. The van der Waals surface area contributed by atoms with Gasteiger partial charge in [0.05, 0.1) is 5.92 Å². The van der Waals surface area contributed by atoms with Gasteiger partial charge in [-0.15, -0.1) is 0 Å². The van der Waals surface area contributed by atoms with Crippen LogP contribution in [0.2, 0.25) is 0 Å². The maximum Gasteiger partial charge on any atom is 0.224 e. The zero-order chi connectivity index (χ0) is 10.6. The van der Waals surface area contributed by atoms with E-state index in [1.54, 1.807) is 0 Å². The van der Waals surface area contributed by atoms with Crippen LogP contribution in [-0.2, 0) is 4.79 Å². The summed E-state index contributed by atoms with van der Waals surface area (Å²) < 4.78 is 0. The average Bonchev–Trinajstić information content (AvgIpc) is 2.51. The SMILES string of the molecule is CC(CCO)NC(=O)[C@@H]1CNC[C@H]1C. The fraction of sp³-hybridized carbons (Fsp3) is 0.900. The molecule has 1 heterocycles. The van der Waals surface area contributed by atoms with E-state index in [0.717, 1.165) is 13.1 Å². The van der Waals surface area contributed by atoms with E-state index in [0.29, 0.717) is 12.3 Å². The Bertz CT molecular complexity index is 197. The molecule has 4 nitrogen and oxygen atoms in total. The monoisotopic (exact) mass is 200 g/mol. The summed E-state index contributed by atoms with van der Waals surface area (Å²) in [5.41, 5.74) is 0. The summed E-state index contributed by atoms with van der Waals surface area (Å²) in [5, 5.41) is 14.8. The van der Waals surface area contributed by atoms with Crippen molar-refractivity contribution < 1.29 is 9.90 Å². The Morgan fingerprint density at radius 1 is 1.64 bits per heavy atom. The predicted octanol–water partition coefficient (Wildman–Crippen LogP) is -0.271. The fourth-order valence-corrected chi connectivity index (χ4v) is 1.78. The number of hydrogen-bond donors (Lipinski definition) is 3. The number of rotatable bonds is 4. The van der Waals surface area contributed by atoms with E-state index in [1.807, 2.05) is 6.92 Å². The van der Waals surface area contributed by atoms with Gasteiger partial charge in [0.15, 0.2) is 0 Å². The lowest BCUT2D eigenvalue weighted by atomic mass is 9.97. The van der Waals surface area contributed by atoms with Crippen molar-refractivity contribution in [3.05, 3.63) is 0 Å². The van der Waals surface area contributed by atoms with Gasteiger partial charge in [0.2, 0.25) is 5.91 Å². The van der Waals surface area contributed by atoms with Crippen molar-refractivity contribution in [2.24, 2.45) is 11.8 Å². The number of aliphatic hydroxyl groups excluding tert-OH is 1. The van der Waals surface area contributed by atoms with Crippen molar-refractivity contribution in [2.75, 3.05) is 19.7 Å². The zero-order valence-corrected chi connectivity index (χ0v) is 8.92. The summed E-state index contributed by atoms with van der Waals surface area (Å²) >= 11 is 0. The van der Waals surface area contributed by atoms with Crippen LogP contribution >= 0.6 is 0 Å². The molecule has 0 bridgehead atoms. The number of hydrogen-bond acceptors (Lipinski definition) is 3. The van der Waals surface area contributed by atoms with Crippen molar-refractivity contribution in [1.82, 2.24) is 10.6 Å². The standard InChI is InChI=1S/C10H20N2O2/c1-7-5-11-6-9(7)10(14)12-8(2)3-4-13/h7-9,11,13H,3-6H2,1-2H3,(H,12,14)/t7-,8?,9-/m1/s1. The molecule has 1 aliphatic heterocycles. The quantitative estimate of drug-likeness (QED) is 0.585. The van der Waals surface area contributed by atoms with Gasteiger partial charge in [-0.3, -0.25) is 4.79 Å². The number of amides is 1. The van der Waals surface area contributed by atoms with Crippen LogP contribution in [0.25, 0.3) is 0 Å². The van der Waals surface area contributed by atoms with Gasteiger partial charge in [-0.05, 0) is 25.8 Å². The Morgan fingerprint density at radius 2 is 2.36 bits per heavy atom. The molecular formula is C10H20N2O2. The highest BCUT2D eigenvalue weighted by Crippen LogP contribution is 2.15. The van der Waals surface area contributed by atoms with Crippen molar-refractivity contribution in [3.63, 3.8) is 0 Å². The highest BCUT2D eigenvalue weighted by Gasteiger charge is 2.29. The third-order valence-electron chi connectivity index (χ3n) is 2.80. The summed E-state index contributed by atoms with van der Waals surface area (Å²) in [5.74, 6) is 0.621. The van der Waals surface area contributed by atoms with Gasteiger partial charge in [0.25, 0.3) is 0 Å². The smallest absolute Gasteiger partial charge is 0.224 e. The van der Waals surface area contributed by atoms with Gasteiger partial charge in [0.1, 0.15) is 0 Å². The minimum absolute atomic E-state index is 0.0697. The van der Waals surface area contributed by atoms with Crippen LogP contribution in [0.5, 0.6) is 0 Å². The first-order valence-corrected chi connectivity index (χ1v) is 5.27. The van der Waals surface area contributed by atoms with Crippen LogP contribution in [0.15, 0.2) is 0 Å². The van der Waals surface area contributed by atoms with E-state index in [4.69, 9.17) is 5.11 Å². The Balaban J connectivity index is 2.33. The molecule has 1 saturated heterocycles. The van der Waals surface area contributed by atoms with Crippen LogP contribution in [0.4, 0.5) is 0 Å². The molecule has 0 aromatic rings.